The summed E-state index contributed by atoms with van der Waals surface area (Å²) in [5, 5.41) is 2.26. The molecule has 0 bridgehead atoms. The summed E-state index contributed by atoms with van der Waals surface area (Å²) in [6.07, 6.45) is 4.81. The van der Waals surface area contributed by atoms with Crippen LogP contribution in [0.5, 0.6) is 0 Å². The summed E-state index contributed by atoms with van der Waals surface area (Å²) in [5.74, 6) is 0. The van der Waals surface area contributed by atoms with E-state index in [0.717, 1.165) is 30.2 Å². The van der Waals surface area contributed by atoms with Gasteiger partial charge in [0.05, 0.1) is 5.70 Å². The Morgan fingerprint density at radius 2 is 1.78 bits per heavy atom. The second-order valence-electron chi connectivity index (χ2n) is 5.98. The molecule has 2 aromatic rings. The maximum absolute atomic E-state index is 4.66. The highest BCUT2D eigenvalue weighted by atomic mass is 14.7. The molecule has 0 spiro atoms. The Bertz CT molecular complexity index is 812. The highest BCUT2D eigenvalue weighted by Crippen LogP contribution is 2.12. The molecule has 1 heteroatoms. The van der Waals surface area contributed by atoms with Crippen LogP contribution in [0.4, 0.5) is 0 Å². The van der Waals surface area contributed by atoms with E-state index in [1.807, 2.05) is 13.1 Å². The molecule has 0 atom stereocenters. The van der Waals surface area contributed by atoms with E-state index in [4.69, 9.17) is 0 Å². The predicted molar refractivity (Wildman–Crippen MR) is 102 cm³/mol. The lowest BCUT2D eigenvalue weighted by atomic mass is 9.98. The van der Waals surface area contributed by atoms with Gasteiger partial charge in [-0.2, -0.15) is 0 Å². The topological polar surface area (TPSA) is 12.4 Å². The molecule has 0 unspecified atom stereocenters. The van der Waals surface area contributed by atoms with E-state index in [0.29, 0.717) is 0 Å². The SMILES string of the molecule is C=c1cc(CC)c(CC)c/c1=C(\Cc1cccc(C)c1)N=CC. The summed E-state index contributed by atoms with van der Waals surface area (Å²) < 4.78 is 0. The first-order valence-electron chi connectivity index (χ1n) is 8.47. The van der Waals surface area contributed by atoms with Gasteiger partial charge in [-0.15, -0.1) is 0 Å². The number of aryl methyl sites for hydroxylation is 3. The number of hydrogen-bond acceptors (Lipinski definition) is 1. The number of rotatable bonds is 5. The molecule has 2 rings (SSSR count). The van der Waals surface area contributed by atoms with Crippen LogP contribution in [-0.2, 0) is 19.3 Å². The molecule has 0 aliphatic heterocycles. The summed E-state index contributed by atoms with van der Waals surface area (Å²) in [6, 6.07) is 13.2. The van der Waals surface area contributed by atoms with Gasteiger partial charge >= 0.3 is 0 Å². The average molecular weight is 305 g/mol. The Kier molecular flexibility index (Phi) is 5.92. The van der Waals surface area contributed by atoms with Crippen molar-refractivity contribution in [2.45, 2.75) is 47.0 Å². The smallest absolute Gasteiger partial charge is 0.0521 e. The van der Waals surface area contributed by atoms with Crippen LogP contribution in [0.2, 0.25) is 0 Å². The molecule has 0 saturated heterocycles. The summed E-state index contributed by atoms with van der Waals surface area (Å²) in [6.45, 7) is 12.8. The first-order chi connectivity index (χ1) is 11.1. The third kappa shape index (κ3) is 4.19. The zero-order valence-electron chi connectivity index (χ0n) is 14.8. The minimum atomic E-state index is 0.836. The van der Waals surface area contributed by atoms with E-state index in [1.165, 1.54) is 27.5 Å². The minimum Gasteiger partial charge on any atom is -0.265 e. The van der Waals surface area contributed by atoms with Gasteiger partial charge in [0.2, 0.25) is 0 Å². The highest BCUT2D eigenvalue weighted by Gasteiger charge is 2.04. The lowest BCUT2D eigenvalue weighted by molar-refractivity contribution is 1.03. The van der Waals surface area contributed by atoms with Crippen LogP contribution >= 0.6 is 0 Å². The molecule has 0 saturated carbocycles. The van der Waals surface area contributed by atoms with Gasteiger partial charge in [-0.05, 0) is 54.7 Å². The van der Waals surface area contributed by atoms with Gasteiger partial charge in [-0.3, -0.25) is 4.99 Å². The molecule has 2 aromatic carbocycles. The highest BCUT2D eigenvalue weighted by molar-refractivity contribution is 5.64. The van der Waals surface area contributed by atoms with Crippen molar-refractivity contribution < 1.29 is 0 Å². The van der Waals surface area contributed by atoms with Gasteiger partial charge in [-0.25, -0.2) is 0 Å². The minimum absolute atomic E-state index is 0.836. The van der Waals surface area contributed by atoms with Crippen molar-refractivity contribution in [1.29, 1.82) is 0 Å². The van der Waals surface area contributed by atoms with Crippen LogP contribution in [-0.4, -0.2) is 6.21 Å². The van der Waals surface area contributed by atoms with Crippen LogP contribution in [0.15, 0.2) is 41.4 Å². The Morgan fingerprint density at radius 3 is 2.39 bits per heavy atom. The lowest BCUT2D eigenvalue weighted by Gasteiger charge is -2.09. The van der Waals surface area contributed by atoms with Crippen LogP contribution in [0.25, 0.3) is 12.3 Å². The van der Waals surface area contributed by atoms with Crippen molar-refractivity contribution in [2.75, 3.05) is 0 Å². The summed E-state index contributed by atoms with van der Waals surface area (Å²) in [4.78, 5) is 4.66. The molecule has 1 nitrogen and oxygen atoms in total. The maximum atomic E-state index is 4.66. The van der Waals surface area contributed by atoms with Gasteiger partial charge in [-0.1, -0.05) is 56.3 Å². The van der Waals surface area contributed by atoms with Crippen molar-refractivity contribution in [2.24, 2.45) is 4.99 Å². The summed E-state index contributed by atoms with van der Waals surface area (Å²) >= 11 is 0. The van der Waals surface area contributed by atoms with Gasteiger partial charge in [0.1, 0.15) is 0 Å². The molecule has 0 N–H and O–H groups in total. The van der Waals surface area contributed by atoms with Crippen molar-refractivity contribution >= 4 is 18.5 Å². The van der Waals surface area contributed by atoms with E-state index < -0.39 is 0 Å². The Morgan fingerprint density at radius 1 is 1.09 bits per heavy atom. The fourth-order valence-corrected chi connectivity index (χ4v) is 3.05. The van der Waals surface area contributed by atoms with Crippen LogP contribution in [0.3, 0.4) is 0 Å². The normalized spacial score (nSPS) is 12.7. The van der Waals surface area contributed by atoms with E-state index in [9.17, 15) is 0 Å². The first-order valence-corrected chi connectivity index (χ1v) is 8.47. The Hall–Kier alpha value is -2.15. The van der Waals surface area contributed by atoms with Crippen LogP contribution < -0.4 is 10.4 Å². The Balaban J connectivity index is 2.63. The second kappa shape index (κ2) is 7.92. The van der Waals surface area contributed by atoms with Crippen molar-refractivity contribution in [3.63, 3.8) is 0 Å². The Labute approximate surface area is 140 Å². The fourth-order valence-electron chi connectivity index (χ4n) is 3.05. The third-order valence-electron chi connectivity index (χ3n) is 4.24. The zero-order valence-corrected chi connectivity index (χ0v) is 14.8. The van der Waals surface area contributed by atoms with Crippen molar-refractivity contribution in [1.82, 2.24) is 0 Å². The summed E-state index contributed by atoms with van der Waals surface area (Å²) in [5.41, 5.74) is 6.48. The van der Waals surface area contributed by atoms with E-state index in [2.05, 4.69) is 68.7 Å². The van der Waals surface area contributed by atoms with E-state index in [-0.39, 0.29) is 0 Å². The number of aliphatic imine (C=N–C) groups is 1. The number of nitrogens with zero attached hydrogens (tertiary/aromatic N) is 1. The molecular formula is C22H27N. The van der Waals surface area contributed by atoms with Crippen molar-refractivity contribution in [3.8, 4) is 0 Å². The second-order valence-corrected chi connectivity index (χ2v) is 5.98. The van der Waals surface area contributed by atoms with Crippen LogP contribution in [0, 0.1) is 6.92 Å². The average Bonchev–Trinajstić information content (AvgIpc) is 2.54. The first kappa shape index (κ1) is 17.2. The van der Waals surface area contributed by atoms with Gasteiger partial charge in [0.25, 0.3) is 0 Å². The molecule has 0 aliphatic rings. The third-order valence-corrected chi connectivity index (χ3v) is 4.24. The fraction of sp³-hybridized carbons (Fsp3) is 0.318. The van der Waals surface area contributed by atoms with Crippen molar-refractivity contribution in [3.05, 3.63) is 69.1 Å². The monoisotopic (exact) mass is 305 g/mol. The van der Waals surface area contributed by atoms with Crippen LogP contribution in [0.1, 0.15) is 43.0 Å². The molecule has 0 aromatic heterocycles. The summed E-state index contributed by atoms with van der Waals surface area (Å²) in [7, 11) is 0. The van der Waals surface area contributed by atoms with E-state index in [1.54, 1.807) is 0 Å². The molecule has 0 radical (unpaired) electrons. The molecular weight excluding hydrogens is 278 g/mol. The molecule has 23 heavy (non-hydrogen) atoms. The quantitative estimate of drug-likeness (QED) is 0.741. The maximum Gasteiger partial charge on any atom is 0.0521 e. The molecule has 0 fully saturated rings. The largest absolute Gasteiger partial charge is 0.265 e. The standard InChI is InChI=1S/C22H27N/c1-6-19-13-17(5)21(15-20(19)7-2)22(23-8-3)14-18-11-9-10-16(4)12-18/h8-13,15H,5-7,14H2,1-4H3/b22-21-,23-8?. The molecule has 0 amide bonds. The number of hydrogen-bond donors (Lipinski definition) is 0. The van der Waals surface area contributed by atoms with Gasteiger partial charge in [0.15, 0.2) is 0 Å². The number of benzene rings is 2. The van der Waals surface area contributed by atoms with Gasteiger partial charge in [0, 0.05) is 17.9 Å². The van der Waals surface area contributed by atoms with E-state index >= 15 is 0 Å². The van der Waals surface area contributed by atoms with Gasteiger partial charge < -0.3 is 0 Å². The lowest BCUT2D eigenvalue weighted by Crippen LogP contribution is -2.28. The molecule has 0 aliphatic carbocycles. The zero-order chi connectivity index (χ0) is 16.8. The predicted octanol–water partition coefficient (Wildman–Crippen LogP) is 3.97. The molecule has 120 valence electrons. The molecule has 0 heterocycles.